The largest absolute Gasteiger partial charge is 0.487 e. The number of rotatable bonds is 19. The van der Waals surface area contributed by atoms with E-state index >= 15 is 0 Å². The molecule has 4 atom stereocenters. The lowest BCUT2D eigenvalue weighted by atomic mass is 10.0. The maximum atomic E-state index is 6.78. The Hall–Kier alpha value is -3.82. The Balaban J connectivity index is 1.45. The first-order chi connectivity index (χ1) is 23.2. The molecule has 0 aromatic heterocycles. The molecule has 0 saturated carbocycles. The molecule has 1 aliphatic heterocycles. The zero-order valence-corrected chi connectivity index (χ0v) is 27.3. The molecule has 0 spiro atoms. The van der Waals surface area contributed by atoms with E-state index in [1.54, 1.807) is 0 Å². The fourth-order valence-corrected chi connectivity index (χ4v) is 5.39. The molecule has 0 fully saturated rings. The third kappa shape index (κ3) is 10.9. The Morgan fingerprint density at radius 3 is 1.53 bits per heavy atom. The summed E-state index contributed by atoms with van der Waals surface area (Å²) in [4.78, 5) is 0. The summed E-state index contributed by atoms with van der Waals surface area (Å²) in [6.45, 7) is 6.63. The Kier molecular flexibility index (Phi) is 14.0. The first-order valence-electron chi connectivity index (χ1n) is 16.4. The van der Waals surface area contributed by atoms with E-state index < -0.39 is 30.7 Å². The van der Waals surface area contributed by atoms with E-state index in [2.05, 4.69) is 12.1 Å². The van der Waals surface area contributed by atoms with Gasteiger partial charge in [0.2, 0.25) is 0 Å². The van der Waals surface area contributed by atoms with Crippen LogP contribution in [0.5, 0.6) is 0 Å². The van der Waals surface area contributed by atoms with Crippen LogP contribution in [0, 0.1) is 0 Å². The molecule has 0 bridgehead atoms. The first-order valence-corrected chi connectivity index (χ1v) is 16.4. The molecule has 0 radical (unpaired) electrons. The average molecular weight is 639 g/mol. The second-order valence-corrected chi connectivity index (χ2v) is 11.2. The van der Waals surface area contributed by atoms with Gasteiger partial charge in [-0.2, -0.15) is 0 Å². The topological polar surface area (TPSA) is 64.6 Å². The molecule has 0 amide bonds. The number of hydrogen-bond donors (Lipinski definition) is 0. The van der Waals surface area contributed by atoms with Gasteiger partial charge in [0.1, 0.15) is 18.0 Å². The Labute approximate surface area is 279 Å². The second kappa shape index (κ2) is 19.1. The van der Waals surface area contributed by atoms with Crippen molar-refractivity contribution in [2.45, 2.75) is 71.0 Å². The normalized spacial score (nSPS) is 18.4. The summed E-state index contributed by atoms with van der Waals surface area (Å²) in [6.07, 6.45) is -0.833. The van der Waals surface area contributed by atoms with E-state index in [9.17, 15) is 0 Å². The lowest BCUT2D eigenvalue weighted by molar-refractivity contribution is -0.218. The van der Waals surface area contributed by atoms with Crippen molar-refractivity contribution in [3.63, 3.8) is 0 Å². The minimum Gasteiger partial charge on any atom is -0.487 e. The van der Waals surface area contributed by atoms with Gasteiger partial charge in [0.15, 0.2) is 18.5 Å². The molecule has 4 aromatic carbocycles. The fourth-order valence-electron chi connectivity index (χ4n) is 5.39. The summed E-state index contributed by atoms with van der Waals surface area (Å²) in [5, 5.41) is 0. The minimum atomic E-state index is -0.692. The van der Waals surface area contributed by atoms with E-state index in [-0.39, 0.29) is 6.61 Å². The van der Waals surface area contributed by atoms with Gasteiger partial charge in [0, 0.05) is 13.2 Å². The number of benzene rings is 4. The van der Waals surface area contributed by atoms with Crippen LogP contribution < -0.4 is 0 Å². The smallest absolute Gasteiger partial charge is 0.190 e. The van der Waals surface area contributed by atoms with E-state index in [0.717, 1.165) is 22.3 Å². The Morgan fingerprint density at radius 2 is 1.02 bits per heavy atom. The summed E-state index contributed by atoms with van der Waals surface area (Å²) < 4.78 is 45.0. The van der Waals surface area contributed by atoms with Crippen molar-refractivity contribution in [3.05, 3.63) is 155 Å². The first kappa shape index (κ1) is 34.5. The zero-order chi connectivity index (χ0) is 32.5. The van der Waals surface area contributed by atoms with Crippen molar-refractivity contribution in [1.82, 2.24) is 0 Å². The molecule has 248 valence electrons. The van der Waals surface area contributed by atoms with Crippen molar-refractivity contribution in [3.8, 4) is 0 Å². The predicted molar refractivity (Wildman–Crippen MR) is 181 cm³/mol. The maximum absolute atomic E-state index is 6.78. The van der Waals surface area contributed by atoms with Crippen LogP contribution in [-0.2, 0) is 59.6 Å². The molecular weight excluding hydrogens is 592 g/mol. The zero-order valence-electron chi connectivity index (χ0n) is 27.3. The van der Waals surface area contributed by atoms with E-state index in [4.69, 9.17) is 33.2 Å². The summed E-state index contributed by atoms with van der Waals surface area (Å²) in [5.41, 5.74) is 4.23. The molecule has 7 heteroatoms. The highest BCUT2D eigenvalue weighted by atomic mass is 16.7. The summed E-state index contributed by atoms with van der Waals surface area (Å²) in [7, 11) is 0. The van der Waals surface area contributed by atoms with Crippen LogP contribution in [0.15, 0.2) is 133 Å². The summed E-state index contributed by atoms with van der Waals surface area (Å²) >= 11 is 0. The molecular formula is C40H46O7. The summed E-state index contributed by atoms with van der Waals surface area (Å²) in [6, 6.07) is 40.4. The highest BCUT2D eigenvalue weighted by molar-refractivity contribution is 5.19. The van der Waals surface area contributed by atoms with Crippen molar-refractivity contribution in [1.29, 1.82) is 0 Å². The molecule has 0 N–H and O–H groups in total. The van der Waals surface area contributed by atoms with Crippen LogP contribution >= 0.6 is 0 Å². The SMILES string of the molecule is CCOC(OCC)[C@@H](OCc1ccccc1)C1=C[C@@H](OCc2ccccc2)[C@@H](OCc2ccccc2)[C@@H](COCc2ccccc2)O1. The van der Waals surface area contributed by atoms with Crippen LogP contribution in [0.2, 0.25) is 0 Å². The van der Waals surface area contributed by atoms with Gasteiger partial charge in [-0.1, -0.05) is 121 Å². The molecule has 47 heavy (non-hydrogen) atoms. The third-order valence-corrected chi connectivity index (χ3v) is 7.73. The van der Waals surface area contributed by atoms with Gasteiger partial charge in [0.05, 0.1) is 33.0 Å². The van der Waals surface area contributed by atoms with Crippen molar-refractivity contribution in [2.75, 3.05) is 19.8 Å². The van der Waals surface area contributed by atoms with E-state index in [1.807, 2.05) is 129 Å². The van der Waals surface area contributed by atoms with Crippen LogP contribution in [0.25, 0.3) is 0 Å². The number of hydrogen-bond acceptors (Lipinski definition) is 7. The quantitative estimate of drug-likeness (QED) is 0.0979. The second-order valence-electron chi connectivity index (χ2n) is 11.2. The van der Waals surface area contributed by atoms with Crippen molar-refractivity contribution < 1.29 is 33.2 Å². The van der Waals surface area contributed by atoms with Crippen LogP contribution in [0.4, 0.5) is 0 Å². The third-order valence-electron chi connectivity index (χ3n) is 7.73. The molecule has 0 aliphatic carbocycles. The molecule has 0 saturated heterocycles. The lowest BCUT2D eigenvalue weighted by Crippen LogP contribution is -2.50. The average Bonchev–Trinajstić information content (AvgIpc) is 3.12. The highest BCUT2D eigenvalue weighted by Crippen LogP contribution is 2.31. The van der Waals surface area contributed by atoms with Gasteiger partial charge in [-0.05, 0) is 42.2 Å². The molecule has 1 heterocycles. The van der Waals surface area contributed by atoms with Crippen molar-refractivity contribution >= 4 is 0 Å². The Bertz CT molecular complexity index is 1430. The van der Waals surface area contributed by atoms with Crippen LogP contribution in [0.3, 0.4) is 0 Å². The van der Waals surface area contributed by atoms with Gasteiger partial charge in [-0.15, -0.1) is 0 Å². The maximum Gasteiger partial charge on any atom is 0.190 e. The molecule has 5 rings (SSSR count). The van der Waals surface area contributed by atoms with Gasteiger partial charge in [-0.3, -0.25) is 0 Å². The molecule has 4 aromatic rings. The molecule has 7 nitrogen and oxygen atoms in total. The van der Waals surface area contributed by atoms with Crippen molar-refractivity contribution in [2.24, 2.45) is 0 Å². The Morgan fingerprint density at radius 1 is 0.553 bits per heavy atom. The highest BCUT2D eigenvalue weighted by Gasteiger charge is 2.41. The van der Waals surface area contributed by atoms with E-state index in [1.165, 1.54) is 0 Å². The van der Waals surface area contributed by atoms with Crippen LogP contribution in [0.1, 0.15) is 36.1 Å². The van der Waals surface area contributed by atoms with Gasteiger partial charge in [-0.25, -0.2) is 0 Å². The van der Waals surface area contributed by atoms with Crippen LogP contribution in [-0.4, -0.2) is 50.5 Å². The number of ether oxygens (including phenoxy) is 7. The minimum absolute atomic E-state index is 0.274. The van der Waals surface area contributed by atoms with Gasteiger partial charge < -0.3 is 33.2 Å². The molecule has 0 unspecified atom stereocenters. The van der Waals surface area contributed by atoms with Gasteiger partial charge in [0.25, 0.3) is 0 Å². The van der Waals surface area contributed by atoms with Gasteiger partial charge >= 0.3 is 0 Å². The van der Waals surface area contributed by atoms with E-state index in [0.29, 0.717) is 45.4 Å². The fraction of sp³-hybridized carbons (Fsp3) is 0.350. The molecule has 1 aliphatic rings. The lowest BCUT2D eigenvalue weighted by Gasteiger charge is -2.40. The summed E-state index contributed by atoms with van der Waals surface area (Å²) in [5.74, 6) is 0.568. The predicted octanol–water partition coefficient (Wildman–Crippen LogP) is 7.64. The standard InChI is InChI=1S/C40H46O7/c1-3-42-40(43-4-2)39(46-29-34-23-15-8-16-24-34)36-25-35(44-27-32-19-11-6-12-20-32)38(45-28-33-21-13-7-14-22-33)37(47-36)30-41-26-31-17-9-5-10-18-31/h5-25,35,37-40H,3-4,26-30H2,1-2H3/t35-,37-,38-,39+/m1/s1. The monoisotopic (exact) mass is 638 g/mol.